The van der Waals surface area contributed by atoms with E-state index in [9.17, 15) is 5.11 Å². The Morgan fingerprint density at radius 1 is 1.36 bits per heavy atom. The van der Waals surface area contributed by atoms with Crippen LogP contribution in [0.15, 0.2) is 35.5 Å². The first-order valence-electron chi connectivity index (χ1n) is 8.64. The maximum Gasteiger partial charge on any atom is 0.0954 e. The monoisotopic (exact) mass is 304 g/mol. The molecule has 0 unspecified atom stereocenters. The predicted molar refractivity (Wildman–Crippen MR) is 92.8 cm³/mol. The number of allylic oxidation sites excluding steroid dienone is 4. The highest BCUT2D eigenvalue weighted by Gasteiger charge is 2.50. The van der Waals surface area contributed by atoms with Gasteiger partial charge in [0.25, 0.3) is 0 Å². The maximum atomic E-state index is 9.59. The summed E-state index contributed by atoms with van der Waals surface area (Å²) < 4.78 is 5.88. The van der Waals surface area contributed by atoms with Gasteiger partial charge < -0.3 is 9.84 Å². The van der Waals surface area contributed by atoms with Crippen molar-refractivity contribution in [2.75, 3.05) is 6.61 Å². The van der Waals surface area contributed by atoms with Gasteiger partial charge in [0.2, 0.25) is 0 Å². The van der Waals surface area contributed by atoms with E-state index in [4.69, 9.17) is 4.74 Å². The summed E-state index contributed by atoms with van der Waals surface area (Å²) in [5.74, 6) is 0. The molecule has 0 saturated carbocycles. The van der Waals surface area contributed by atoms with Crippen molar-refractivity contribution in [3.63, 3.8) is 0 Å². The van der Waals surface area contributed by atoms with Crippen LogP contribution in [0.4, 0.5) is 0 Å². The van der Waals surface area contributed by atoms with Crippen LogP contribution in [0.25, 0.3) is 0 Å². The van der Waals surface area contributed by atoms with Gasteiger partial charge >= 0.3 is 0 Å². The average Bonchev–Trinajstić information content (AvgIpc) is 3.08. The van der Waals surface area contributed by atoms with Gasteiger partial charge in [-0.3, -0.25) is 0 Å². The molecule has 1 heterocycles. The number of rotatable bonds is 4. The van der Waals surface area contributed by atoms with Gasteiger partial charge in [-0.05, 0) is 70.3 Å². The minimum absolute atomic E-state index is 0.0300. The normalized spacial score (nSPS) is 39.0. The number of hydrogen-bond acceptors (Lipinski definition) is 2. The van der Waals surface area contributed by atoms with E-state index in [-0.39, 0.29) is 17.6 Å². The van der Waals surface area contributed by atoms with Gasteiger partial charge in [-0.25, -0.2) is 0 Å². The van der Waals surface area contributed by atoms with Crippen molar-refractivity contribution in [3.05, 3.63) is 35.5 Å². The van der Waals surface area contributed by atoms with Crippen molar-refractivity contribution in [1.82, 2.24) is 0 Å². The van der Waals surface area contributed by atoms with E-state index >= 15 is 0 Å². The van der Waals surface area contributed by atoms with E-state index in [0.29, 0.717) is 6.10 Å². The third-order valence-corrected chi connectivity index (χ3v) is 5.13. The molecular formula is C20H32O2. The Hall–Kier alpha value is -0.860. The number of aliphatic hydroxyl groups is 1. The first-order valence-corrected chi connectivity index (χ1v) is 8.64. The van der Waals surface area contributed by atoms with Crippen molar-refractivity contribution in [2.24, 2.45) is 5.41 Å². The summed E-state index contributed by atoms with van der Waals surface area (Å²) in [7, 11) is 0. The molecule has 2 rings (SSSR count). The van der Waals surface area contributed by atoms with Crippen LogP contribution in [0.5, 0.6) is 0 Å². The van der Waals surface area contributed by atoms with Crippen molar-refractivity contribution in [3.8, 4) is 0 Å². The third kappa shape index (κ3) is 4.82. The fraction of sp³-hybridized carbons (Fsp3) is 0.700. The van der Waals surface area contributed by atoms with Gasteiger partial charge in [0.05, 0.1) is 18.3 Å². The molecule has 0 aromatic carbocycles. The molecule has 0 aromatic heterocycles. The number of hydrogen-bond donors (Lipinski definition) is 1. The molecule has 22 heavy (non-hydrogen) atoms. The summed E-state index contributed by atoms with van der Waals surface area (Å²) >= 11 is 0. The third-order valence-electron chi connectivity index (χ3n) is 5.13. The Bertz CT molecular complexity index is 470. The fourth-order valence-electron chi connectivity index (χ4n) is 3.30. The molecule has 2 heteroatoms. The molecule has 0 spiro atoms. The van der Waals surface area contributed by atoms with Crippen LogP contribution in [0.3, 0.4) is 0 Å². The zero-order valence-electron chi connectivity index (χ0n) is 14.7. The standard InChI is InChI=1S/C20H32O2/c1-16(2)7-5-11-19(3)12-6-13-20(4)18(22-20)9-8-17(15-21)10-14-19/h6-7,10,12,18,21H,5,8-9,11,13-15H2,1-4H3/b12-6-,17-10+/t18-,19+,20-/m0/s1. The van der Waals surface area contributed by atoms with Crippen molar-refractivity contribution in [2.45, 2.75) is 77.9 Å². The number of aliphatic hydroxyl groups excluding tert-OH is 1. The maximum absolute atomic E-state index is 9.59. The summed E-state index contributed by atoms with van der Waals surface area (Å²) in [5.41, 5.74) is 2.75. The van der Waals surface area contributed by atoms with Crippen LogP contribution < -0.4 is 0 Å². The molecule has 2 aliphatic rings. The Kier molecular flexibility index (Phi) is 5.68. The molecule has 0 radical (unpaired) electrons. The van der Waals surface area contributed by atoms with Crippen LogP contribution in [0.1, 0.15) is 66.2 Å². The lowest BCUT2D eigenvalue weighted by atomic mass is 9.80. The van der Waals surface area contributed by atoms with E-state index in [2.05, 4.69) is 52.0 Å². The second-order valence-corrected chi connectivity index (χ2v) is 7.76. The van der Waals surface area contributed by atoms with Crippen LogP contribution in [0.2, 0.25) is 0 Å². The van der Waals surface area contributed by atoms with Gasteiger partial charge in [0.15, 0.2) is 0 Å². The molecule has 0 bridgehead atoms. The van der Waals surface area contributed by atoms with Crippen LogP contribution >= 0.6 is 0 Å². The molecule has 0 aromatic rings. The number of ether oxygens (including phenoxy) is 1. The fourth-order valence-corrected chi connectivity index (χ4v) is 3.30. The molecule has 1 fully saturated rings. The first-order chi connectivity index (χ1) is 10.4. The minimum Gasteiger partial charge on any atom is -0.392 e. The molecule has 1 saturated heterocycles. The molecular weight excluding hydrogens is 272 g/mol. The molecule has 1 aliphatic heterocycles. The lowest BCUT2D eigenvalue weighted by molar-refractivity contribution is 0.300. The lowest BCUT2D eigenvalue weighted by Gasteiger charge is -2.25. The summed E-state index contributed by atoms with van der Waals surface area (Å²) in [6.45, 7) is 9.04. The van der Waals surface area contributed by atoms with E-state index in [1.807, 2.05) is 0 Å². The van der Waals surface area contributed by atoms with E-state index in [0.717, 1.165) is 38.5 Å². The highest BCUT2D eigenvalue weighted by atomic mass is 16.6. The summed E-state index contributed by atoms with van der Waals surface area (Å²) in [4.78, 5) is 0. The van der Waals surface area contributed by atoms with Gasteiger partial charge in [0, 0.05) is 0 Å². The van der Waals surface area contributed by atoms with Gasteiger partial charge in [0.1, 0.15) is 0 Å². The Labute approximate surface area is 136 Å². The molecule has 1 aliphatic carbocycles. The van der Waals surface area contributed by atoms with Gasteiger partial charge in [-0.1, -0.05) is 36.8 Å². The number of fused-ring (bicyclic) bond motifs is 1. The zero-order valence-corrected chi connectivity index (χ0v) is 14.7. The Morgan fingerprint density at radius 2 is 2.14 bits per heavy atom. The molecule has 2 nitrogen and oxygen atoms in total. The average molecular weight is 304 g/mol. The molecule has 124 valence electrons. The van der Waals surface area contributed by atoms with Crippen molar-refractivity contribution >= 4 is 0 Å². The smallest absolute Gasteiger partial charge is 0.0954 e. The first kappa shape index (κ1) is 17.5. The van der Waals surface area contributed by atoms with Gasteiger partial charge in [-0.2, -0.15) is 0 Å². The highest BCUT2D eigenvalue weighted by Crippen LogP contribution is 2.44. The van der Waals surface area contributed by atoms with Gasteiger partial charge in [-0.15, -0.1) is 0 Å². The topological polar surface area (TPSA) is 32.8 Å². The molecule has 3 atom stereocenters. The van der Waals surface area contributed by atoms with Crippen molar-refractivity contribution < 1.29 is 9.84 Å². The zero-order chi connectivity index (χ0) is 16.2. The molecule has 1 N–H and O–H groups in total. The second kappa shape index (κ2) is 7.14. The summed E-state index contributed by atoms with van der Waals surface area (Å²) in [5, 5.41) is 9.59. The quantitative estimate of drug-likeness (QED) is 0.589. The largest absolute Gasteiger partial charge is 0.392 e. The van der Waals surface area contributed by atoms with Crippen molar-refractivity contribution in [1.29, 1.82) is 0 Å². The SMILES string of the molecule is CC(C)=CCC[C@]1(C)/C=C\C[C@]2(C)O[C@H]2CC/C(CO)=C\C1. The molecule has 0 amide bonds. The Balaban J connectivity index is 2.11. The highest BCUT2D eigenvalue weighted by molar-refractivity contribution is 5.14. The van der Waals surface area contributed by atoms with Crippen LogP contribution in [-0.2, 0) is 4.74 Å². The minimum atomic E-state index is 0.0300. The van der Waals surface area contributed by atoms with E-state index in [1.165, 1.54) is 11.1 Å². The van der Waals surface area contributed by atoms with E-state index < -0.39 is 0 Å². The lowest BCUT2D eigenvalue weighted by Crippen LogP contribution is -2.13. The summed E-state index contributed by atoms with van der Waals surface area (Å²) in [6, 6.07) is 0. The second-order valence-electron chi connectivity index (χ2n) is 7.76. The predicted octanol–water partition coefficient (Wildman–Crippen LogP) is 4.95. The van der Waals surface area contributed by atoms with E-state index in [1.54, 1.807) is 0 Å². The van der Waals surface area contributed by atoms with Crippen LogP contribution in [0, 0.1) is 5.41 Å². The van der Waals surface area contributed by atoms with Crippen LogP contribution in [-0.4, -0.2) is 23.4 Å². The summed E-state index contributed by atoms with van der Waals surface area (Å²) in [6.07, 6.45) is 15.9. The number of epoxide rings is 1. The Morgan fingerprint density at radius 3 is 2.82 bits per heavy atom.